The van der Waals surface area contributed by atoms with Gasteiger partial charge in [-0.15, -0.1) is 0 Å². The van der Waals surface area contributed by atoms with Crippen molar-refractivity contribution in [1.82, 2.24) is 0 Å². The zero-order valence-electron chi connectivity index (χ0n) is 5.48. The predicted molar refractivity (Wildman–Crippen MR) is 57.6 cm³/mol. The largest absolute Gasteiger partial charge is 0.396 e. The van der Waals surface area contributed by atoms with E-state index in [9.17, 15) is 0 Å². The fraction of sp³-hybridized carbons (Fsp3) is 1.00. The molecule has 0 aromatic rings. The summed E-state index contributed by atoms with van der Waals surface area (Å²) in [6.07, 6.45) is 2.14. The van der Waals surface area contributed by atoms with Gasteiger partial charge in [0.1, 0.15) is 0 Å². The lowest BCUT2D eigenvalue weighted by atomic mass is 10.2. The molecule has 0 aromatic carbocycles. The Kier molecular flexibility index (Phi) is 7.12. The average molecular weight is 354 g/mol. The second-order valence-electron chi connectivity index (χ2n) is 1.95. The van der Waals surface area contributed by atoms with E-state index in [0.29, 0.717) is 10.5 Å². The molecule has 3 heteroatoms. The van der Waals surface area contributed by atoms with Crippen LogP contribution in [0, 0.1) is 0 Å². The highest BCUT2D eigenvalue weighted by atomic mass is 127. The van der Waals surface area contributed by atoms with Crippen molar-refractivity contribution in [1.29, 1.82) is 0 Å². The van der Waals surface area contributed by atoms with Crippen LogP contribution in [0.5, 0.6) is 0 Å². The molecule has 0 aliphatic rings. The van der Waals surface area contributed by atoms with Crippen molar-refractivity contribution in [2.45, 2.75) is 27.6 Å². The summed E-state index contributed by atoms with van der Waals surface area (Å²) in [6, 6.07) is 0. The van der Waals surface area contributed by atoms with Gasteiger partial charge in [-0.05, 0) is 12.8 Å². The maximum atomic E-state index is 8.57. The van der Waals surface area contributed by atoms with Crippen LogP contribution in [0.3, 0.4) is 0 Å². The molecule has 0 spiro atoms. The van der Waals surface area contributed by atoms with Gasteiger partial charge in [0.2, 0.25) is 0 Å². The summed E-state index contributed by atoms with van der Waals surface area (Å²) >= 11 is 4.84. The lowest BCUT2D eigenvalue weighted by Crippen LogP contribution is -2.13. The SMILES string of the molecule is CCC(I)C(I)CCO. The number of hydrogen-bond donors (Lipinski definition) is 1. The summed E-state index contributed by atoms with van der Waals surface area (Å²) in [5.41, 5.74) is 0. The van der Waals surface area contributed by atoms with Crippen LogP contribution in [-0.2, 0) is 0 Å². The van der Waals surface area contributed by atoms with Gasteiger partial charge in [0.05, 0.1) is 0 Å². The lowest BCUT2D eigenvalue weighted by molar-refractivity contribution is 0.288. The second-order valence-corrected chi connectivity index (χ2v) is 5.15. The zero-order valence-corrected chi connectivity index (χ0v) is 9.79. The molecule has 0 amide bonds. The van der Waals surface area contributed by atoms with Gasteiger partial charge in [0, 0.05) is 14.5 Å². The summed E-state index contributed by atoms with van der Waals surface area (Å²) in [5.74, 6) is 0. The third-order valence-corrected chi connectivity index (χ3v) is 5.80. The molecule has 56 valence electrons. The molecule has 2 unspecified atom stereocenters. The van der Waals surface area contributed by atoms with Gasteiger partial charge in [-0.3, -0.25) is 0 Å². The Morgan fingerprint density at radius 1 is 1.33 bits per heavy atom. The fourth-order valence-corrected chi connectivity index (χ4v) is 1.71. The van der Waals surface area contributed by atoms with Crippen molar-refractivity contribution in [2.24, 2.45) is 0 Å². The predicted octanol–water partition coefficient (Wildman–Crippen LogP) is 2.39. The molecule has 0 aliphatic heterocycles. The van der Waals surface area contributed by atoms with Crippen LogP contribution in [0.25, 0.3) is 0 Å². The number of aliphatic hydroxyl groups excluding tert-OH is 1. The summed E-state index contributed by atoms with van der Waals surface area (Å²) in [4.78, 5) is 0. The van der Waals surface area contributed by atoms with Crippen LogP contribution in [0.2, 0.25) is 0 Å². The first kappa shape index (κ1) is 10.4. The third kappa shape index (κ3) is 4.78. The van der Waals surface area contributed by atoms with E-state index in [1.165, 1.54) is 6.42 Å². The monoisotopic (exact) mass is 354 g/mol. The molecule has 0 rings (SSSR count). The van der Waals surface area contributed by atoms with Crippen LogP contribution < -0.4 is 0 Å². The van der Waals surface area contributed by atoms with E-state index in [-0.39, 0.29) is 0 Å². The Balaban J connectivity index is 3.32. The quantitative estimate of drug-likeness (QED) is 0.607. The van der Waals surface area contributed by atoms with Gasteiger partial charge in [-0.25, -0.2) is 0 Å². The maximum Gasteiger partial charge on any atom is 0.0441 e. The van der Waals surface area contributed by atoms with E-state index in [1.807, 2.05) is 0 Å². The minimum atomic E-state index is 0.326. The maximum absolute atomic E-state index is 8.57. The van der Waals surface area contributed by atoms with E-state index in [4.69, 9.17) is 5.11 Å². The highest BCUT2D eigenvalue weighted by Crippen LogP contribution is 2.20. The number of halogens is 2. The normalized spacial score (nSPS) is 17.3. The minimum Gasteiger partial charge on any atom is -0.396 e. The zero-order chi connectivity index (χ0) is 7.28. The molecule has 0 saturated carbocycles. The standard InChI is InChI=1S/C6H12I2O/c1-2-5(7)6(8)3-4-9/h5-6,9H,2-4H2,1H3. The first-order chi connectivity index (χ1) is 4.22. The Bertz CT molecular complexity index is 68.1. The molecule has 0 heterocycles. The van der Waals surface area contributed by atoms with E-state index < -0.39 is 0 Å². The van der Waals surface area contributed by atoms with Gasteiger partial charge >= 0.3 is 0 Å². The Labute approximate surface area is 83.9 Å². The van der Waals surface area contributed by atoms with Crippen molar-refractivity contribution >= 4 is 45.2 Å². The van der Waals surface area contributed by atoms with E-state index in [2.05, 4.69) is 52.1 Å². The first-order valence-electron chi connectivity index (χ1n) is 3.11. The molecule has 0 bridgehead atoms. The number of alkyl halides is 2. The number of hydrogen-bond acceptors (Lipinski definition) is 1. The van der Waals surface area contributed by atoms with Gasteiger partial charge < -0.3 is 5.11 Å². The molecule has 0 saturated heterocycles. The van der Waals surface area contributed by atoms with Crippen molar-refractivity contribution in [3.8, 4) is 0 Å². The number of aliphatic hydroxyl groups is 1. The lowest BCUT2D eigenvalue weighted by Gasteiger charge is -2.12. The molecule has 1 N–H and O–H groups in total. The van der Waals surface area contributed by atoms with Crippen molar-refractivity contribution in [3.05, 3.63) is 0 Å². The molecule has 1 nitrogen and oxygen atoms in total. The van der Waals surface area contributed by atoms with Gasteiger partial charge in [-0.1, -0.05) is 52.1 Å². The van der Waals surface area contributed by atoms with Crippen LogP contribution in [0.1, 0.15) is 19.8 Å². The van der Waals surface area contributed by atoms with E-state index >= 15 is 0 Å². The van der Waals surface area contributed by atoms with Crippen LogP contribution in [0.15, 0.2) is 0 Å². The molecule has 0 fully saturated rings. The Morgan fingerprint density at radius 2 is 1.89 bits per heavy atom. The second kappa shape index (κ2) is 6.15. The van der Waals surface area contributed by atoms with Gasteiger partial charge in [0.25, 0.3) is 0 Å². The topological polar surface area (TPSA) is 20.2 Å². The van der Waals surface area contributed by atoms with E-state index in [1.54, 1.807) is 0 Å². The van der Waals surface area contributed by atoms with Crippen molar-refractivity contribution in [2.75, 3.05) is 6.61 Å². The summed E-state index contributed by atoms with van der Waals surface area (Å²) in [6.45, 7) is 2.51. The van der Waals surface area contributed by atoms with Gasteiger partial charge in [0.15, 0.2) is 0 Å². The van der Waals surface area contributed by atoms with E-state index in [0.717, 1.165) is 10.3 Å². The summed E-state index contributed by atoms with van der Waals surface area (Å²) < 4.78 is 1.36. The molecule has 0 aromatic heterocycles. The van der Waals surface area contributed by atoms with Crippen LogP contribution in [-0.4, -0.2) is 19.6 Å². The number of rotatable bonds is 4. The Morgan fingerprint density at radius 3 is 2.22 bits per heavy atom. The van der Waals surface area contributed by atoms with Crippen molar-refractivity contribution in [3.63, 3.8) is 0 Å². The smallest absolute Gasteiger partial charge is 0.0441 e. The highest BCUT2D eigenvalue weighted by Gasteiger charge is 2.11. The summed E-state index contributed by atoms with van der Waals surface area (Å²) in [5, 5.41) is 8.57. The first-order valence-corrected chi connectivity index (χ1v) is 5.60. The van der Waals surface area contributed by atoms with Crippen molar-refractivity contribution < 1.29 is 5.11 Å². The molecule has 9 heavy (non-hydrogen) atoms. The average Bonchev–Trinajstić information content (AvgIpc) is 1.87. The summed E-state index contributed by atoms with van der Waals surface area (Å²) in [7, 11) is 0. The molecule has 0 radical (unpaired) electrons. The molecule has 2 atom stereocenters. The molecule has 0 aliphatic carbocycles. The highest BCUT2D eigenvalue weighted by molar-refractivity contribution is 14.1. The van der Waals surface area contributed by atoms with Gasteiger partial charge in [-0.2, -0.15) is 0 Å². The Hall–Kier alpha value is 1.42. The third-order valence-electron chi connectivity index (χ3n) is 1.19. The molecular weight excluding hydrogens is 342 g/mol. The minimum absolute atomic E-state index is 0.326. The van der Waals surface area contributed by atoms with Crippen LogP contribution >= 0.6 is 45.2 Å². The molecular formula is C6H12I2O. The van der Waals surface area contributed by atoms with Crippen LogP contribution in [0.4, 0.5) is 0 Å². The fourth-order valence-electron chi connectivity index (χ4n) is 0.560.